The topological polar surface area (TPSA) is 70.0 Å². The number of nitrogens with zero attached hydrogens (tertiary/aromatic N) is 1. The monoisotopic (exact) mass is 511 g/mol. The third-order valence-electron chi connectivity index (χ3n) is 11.7. The van der Waals surface area contributed by atoms with Gasteiger partial charge in [0.1, 0.15) is 6.10 Å². The van der Waals surface area contributed by atoms with Crippen molar-refractivity contribution in [2.45, 2.75) is 103 Å². The number of hydrogen-bond acceptors (Lipinski definition) is 4. The highest BCUT2D eigenvalue weighted by Crippen LogP contribution is 2.68. The maximum absolute atomic E-state index is 12.2. The number of aliphatic hydroxyl groups is 2. The molecule has 5 rings (SSSR count). The molecule has 0 aliphatic heterocycles. The minimum absolute atomic E-state index is 0.0550. The maximum atomic E-state index is 12.2. The summed E-state index contributed by atoms with van der Waals surface area (Å²) in [6, 6.07) is 8.31. The number of carbonyl (C=O) groups excluding carboxylic acids is 1. The summed E-state index contributed by atoms with van der Waals surface area (Å²) in [5, 5.41) is 22.5. The predicted molar refractivity (Wildman–Crippen MR) is 146 cm³/mol. The van der Waals surface area contributed by atoms with Gasteiger partial charge in [-0.25, -0.2) is 4.79 Å². The van der Waals surface area contributed by atoms with Crippen molar-refractivity contribution in [2.75, 3.05) is 14.1 Å². The summed E-state index contributed by atoms with van der Waals surface area (Å²) in [6.07, 6.45) is 9.18. The zero-order chi connectivity index (χ0) is 26.5. The fourth-order valence-electron chi connectivity index (χ4n) is 9.53. The van der Waals surface area contributed by atoms with Crippen molar-refractivity contribution in [3.63, 3.8) is 0 Å². The number of benzene rings is 1. The molecule has 37 heavy (non-hydrogen) atoms. The second-order valence-corrected chi connectivity index (χ2v) is 13.8. The maximum Gasteiger partial charge on any atom is 0.409 e. The molecule has 1 aromatic rings. The molecule has 0 radical (unpaired) electrons. The molecule has 206 valence electrons. The quantitative estimate of drug-likeness (QED) is 0.510. The Morgan fingerprint density at radius 1 is 0.973 bits per heavy atom. The first kappa shape index (κ1) is 27.0. The number of hydrogen-bond donors (Lipinski definition) is 2. The van der Waals surface area contributed by atoms with Crippen LogP contribution < -0.4 is 0 Å². The van der Waals surface area contributed by atoms with Gasteiger partial charge in [-0.1, -0.05) is 43.7 Å². The lowest BCUT2D eigenvalue weighted by atomic mass is 9.44. The molecule has 1 amide bonds. The standard InChI is InChI=1S/C32H49NO4/c1-20-6-8-21(9-7-20)18-28(34)29(35)27-13-12-25-24-11-10-22-19-23(37-30(36)33(4)5)14-16-31(22,2)26(24)15-17-32(25,27)3/h6-9,22-29,34-35H,10-19H2,1-5H3/t22-,23-,24-,25-,26-,27+,28-,29-,31-,32-/m0/s1. The Labute approximate surface area is 224 Å². The summed E-state index contributed by atoms with van der Waals surface area (Å²) in [5.41, 5.74) is 2.75. The van der Waals surface area contributed by atoms with Crippen LogP contribution in [0.2, 0.25) is 0 Å². The molecular weight excluding hydrogens is 462 g/mol. The molecule has 0 unspecified atom stereocenters. The molecule has 4 fully saturated rings. The van der Waals surface area contributed by atoms with Crippen LogP contribution in [0.15, 0.2) is 24.3 Å². The first-order valence-corrected chi connectivity index (χ1v) is 14.8. The summed E-state index contributed by atoms with van der Waals surface area (Å²) in [5.74, 6) is 2.88. The van der Waals surface area contributed by atoms with E-state index < -0.39 is 12.2 Å². The highest BCUT2D eigenvalue weighted by atomic mass is 16.6. The average Bonchev–Trinajstić information content (AvgIpc) is 3.22. The second kappa shape index (κ2) is 10.2. The van der Waals surface area contributed by atoms with Gasteiger partial charge in [0.05, 0.1) is 12.2 Å². The molecule has 2 N–H and O–H groups in total. The van der Waals surface area contributed by atoms with Crippen molar-refractivity contribution in [3.05, 3.63) is 35.4 Å². The van der Waals surface area contributed by atoms with Crippen LogP contribution in [0, 0.1) is 47.3 Å². The number of ether oxygens (including phenoxy) is 1. The van der Waals surface area contributed by atoms with Crippen molar-refractivity contribution in [3.8, 4) is 0 Å². The summed E-state index contributed by atoms with van der Waals surface area (Å²) in [6.45, 7) is 7.04. The predicted octanol–water partition coefficient (Wildman–Crippen LogP) is 5.99. The van der Waals surface area contributed by atoms with Crippen LogP contribution in [0.4, 0.5) is 4.79 Å². The minimum Gasteiger partial charge on any atom is -0.446 e. The Hall–Kier alpha value is -1.59. The lowest BCUT2D eigenvalue weighted by molar-refractivity contribution is -0.140. The van der Waals surface area contributed by atoms with E-state index in [1.807, 2.05) is 0 Å². The van der Waals surface area contributed by atoms with Gasteiger partial charge in [-0.3, -0.25) is 0 Å². The molecule has 4 aliphatic carbocycles. The zero-order valence-corrected chi connectivity index (χ0v) is 23.7. The van der Waals surface area contributed by atoms with Crippen LogP contribution in [0.5, 0.6) is 0 Å². The third-order valence-corrected chi connectivity index (χ3v) is 11.7. The van der Waals surface area contributed by atoms with Gasteiger partial charge in [0.2, 0.25) is 0 Å². The molecule has 4 aliphatic rings. The minimum atomic E-state index is -0.714. The van der Waals surface area contributed by atoms with Crippen molar-refractivity contribution in [1.29, 1.82) is 0 Å². The van der Waals surface area contributed by atoms with E-state index in [-0.39, 0.29) is 23.5 Å². The van der Waals surface area contributed by atoms with Gasteiger partial charge >= 0.3 is 6.09 Å². The highest BCUT2D eigenvalue weighted by Gasteiger charge is 2.61. The Morgan fingerprint density at radius 3 is 2.35 bits per heavy atom. The fourth-order valence-corrected chi connectivity index (χ4v) is 9.53. The first-order chi connectivity index (χ1) is 17.5. The number of fused-ring (bicyclic) bond motifs is 5. The number of rotatable bonds is 5. The van der Waals surface area contributed by atoms with Gasteiger partial charge in [-0.15, -0.1) is 0 Å². The van der Waals surface area contributed by atoms with Gasteiger partial charge in [-0.2, -0.15) is 0 Å². The Kier molecular flexibility index (Phi) is 7.43. The first-order valence-electron chi connectivity index (χ1n) is 14.8. The molecule has 0 bridgehead atoms. The van der Waals surface area contributed by atoms with Crippen LogP contribution in [0.25, 0.3) is 0 Å². The number of aliphatic hydroxyl groups excluding tert-OH is 2. The summed E-state index contributed by atoms with van der Waals surface area (Å²) >= 11 is 0. The van der Waals surface area contributed by atoms with Crippen LogP contribution in [0.3, 0.4) is 0 Å². The number of amides is 1. The van der Waals surface area contributed by atoms with Crippen molar-refractivity contribution >= 4 is 6.09 Å². The Balaban J connectivity index is 1.25. The van der Waals surface area contributed by atoms with E-state index in [0.29, 0.717) is 29.6 Å². The number of aryl methyl sites for hydroxylation is 1. The normalized spacial score (nSPS) is 40.6. The molecule has 0 spiro atoms. The van der Waals surface area contributed by atoms with E-state index in [0.717, 1.165) is 43.6 Å². The molecule has 0 aromatic heterocycles. The molecule has 0 heterocycles. The average molecular weight is 512 g/mol. The van der Waals surface area contributed by atoms with Crippen LogP contribution >= 0.6 is 0 Å². The van der Waals surface area contributed by atoms with Gasteiger partial charge in [-0.05, 0) is 111 Å². The summed E-state index contributed by atoms with van der Waals surface area (Å²) in [4.78, 5) is 13.7. The smallest absolute Gasteiger partial charge is 0.409 e. The summed E-state index contributed by atoms with van der Waals surface area (Å²) in [7, 11) is 3.51. The molecule has 10 atom stereocenters. The van der Waals surface area contributed by atoms with E-state index in [1.54, 1.807) is 14.1 Å². The van der Waals surface area contributed by atoms with E-state index in [2.05, 4.69) is 45.0 Å². The van der Waals surface area contributed by atoms with Crippen LogP contribution in [0.1, 0.15) is 82.8 Å². The second-order valence-electron chi connectivity index (χ2n) is 13.8. The highest BCUT2D eigenvalue weighted by molar-refractivity contribution is 5.67. The largest absolute Gasteiger partial charge is 0.446 e. The fraction of sp³-hybridized carbons (Fsp3) is 0.781. The van der Waals surface area contributed by atoms with Gasteiger partial charge < -0.3 is 19.8 Å². The Bertz CT molecular complexity index is 962. The van der Waals surface area contributed by atoms with E-state index in [9.17, 15) is 15.0 Å². The molecule has 1 aromatic carbocycles. The molecular formula is C32H49NO4. The zero-order valence-electron chi connectivity index (χ0n) is 23.7. The third kappa shape index (κ3) is 4.84. The van der Waals surface area contributed by atoms with Gasteiger partial charge in [0, 0.05) is 20.5 Å². The SMILES string of the molecule is Cc1ccc(C[C@H](O)[C@@H](O)[C@H]2CC[C@H]3[C@@H]4CC[C@H]5C[C@@H](OC(=O)N(C)C)CC[C@]5(C)[C@H]4CC[C@]23C)cc1. The molecule has 4 saturated carbocycles. The van der Waals surface area contributed by atoms with Gasteiger partial charge in [0.15, 0.2) is 0 Å². The molecule has 0 saturated heterocycles. The van der Waals surface area contributed by atoms with Crippen LogP contribution in [-0.2, 0) is 11.2 Å². The number of carbonyl (C=O) groups is 1. The summed E-state index contributed by atoms with van der Waals surface area (Å²) < 4.78 is 5.81. The lowest BCUT2D eigenvalue weighted by Gasteiger charge is -2.61. The van der Waals surface area contributed by atoms with Crippen molar-refractivity contribution in [1.82, 2.24) is 4.90 Å². The van der Waals surface area contributed by atoms with E-state index >= 15 is 0 Å². The lowest BCUT2D eigenvalue weighted by Crippen LogP contribution is -2.55. The molecule has 5 heteroatoms. The Morgan fingerprint density at radius 2 is 1.65 bits per heavy atom. The van der Waals surface area contributed by atoms with E-state index in [1.165, 1.54) is 36.1 Å². The molecule has 5 nitrogen and oxygen atoms in total. The van der Waals surface area contributed by atoms with Crippen molar-refractivity contribution < 1.29 is 19.7 Å². The van der Waals surface area contributed by atoms with E-state index in [4.69, 9.17) is 4.74 Å². The van der Waals surface area contributed by atoms with Gasteiger partial charge in [0.25, 0.3) is 0 Å². The van der Waals surface area contributed by atoms with Crippen LogP contribution in [-0.4, -0.2) is 53.6 Å². The van der Waals surface area contributed by atoms with Crippen molar-refractivity contribution in [2.24, 2.45) is 40.4 Å².